The Morgan fingerprint density at radius 2 is 1.83 bits per heavy atom. The molecule has 0 saturated carbocycles. The van der Waals surface area contributed by atoms with Gasteiger partial charge in [-0.2, -0.15) is 0 Å². The Labute approximate surface area is 107 Å². The van der Waals surface area contributed by atoms with E-state index >= 15 is 0 Å². The van der Waals surface area contributed by atoms with Crippen molar-refractivity contribution in [1.82, 2.24) is 15.3 Å². The van der Waals surface area contributed by atoms with Gasteiger partial charge in [0.1, 0.15) is 6.33 Å². The third-order valence-electron chi connectivity index (χ3n) is 3.07. The van der Waals surface area contributed by atoms with E-state index in [9.17, 15) is 5.11 Å². The van der Waals surface area contributed by atoms with Crippen molar-refractivity contribution in [2.45, 2.75) is 32.4 Å². The van der Waals surface area contributed by atoms with Gasteiger partial charge in [0.2, 0.25) is 11.8 Å². The smallest absolute Gasteiger partial charge is 0.224 e. The average Bonchev–Trinajstić information content (AvgIpc) is 2.44. The van der Waals surface area contributed by atoms with Gasteiger partial charge in [-0.25, -0.2) is 9.97 Å². The SMILES string of the molecule is CCC(C)(CO)NCc1c(OC)ncnc1OC. The minimum atomic E-state index is -0.341. The first-order valence-electron chi connectivity index (χ1n) is 5.88. The lowest BCUT2D eigenvalue weighted by atomic mass is 10.00. The van der Waals surface area contributed by atoms with Crippen LogP contribution in [0.2, 0.25) is 0 Å². The molecule has 0 aliphatic rings. The highest BCUT2D eigenvalue weighted by Crippen LogP contribution is 2.24. The Morgan fingerprint density at radius 3 is 2.22 bits per heavy atom. The number of aliphatic hydroxyl groups is 1. The lowest BCUT2D eigenvalue weighted by Crippen LogP contribution is -2.44. The van der Waals surface area contributed by atoms with Gasteiger partial charge in [-0.1, -0.05) is 6.92 Å². The molecule has 2 N–H and O–H groups in total. The van der Waals surface area contributed by atoms with Gasteiger partial charge in [-0.05, 0) is 13.3 Å². The van der Waals surface area contributed by atoms with E-state index in [1.807, 2.05) is 13.8 Å². The molecule has 0 aliphatic heterocycles. The largest absolute Gasteiger partial charge is 0.481 e. The molecule has 0 aromatic carbocycles. The zero-order chi connectivity index (χ0) is 13.6. The van der Waals surface area contributed by atoms with Gasteiger partial charge in [0, 0.05) is 12.1 Å². The van der Waals surface area contributed by atoms with Crippen molar-refractivity contribution in [2.24, 2.45) is 0 Å². The summed E-state index contributed by atoms with van der Waals surface area (Å²) < 4.78 is 10.4. The van der Waals surface area contributed by atoms with E-state index in [1.54, 1.807) is 14.2 Å². The first-order valence-corrected chi connectivity index (χ1v) is 5.88. The van der Waals surface area contributed by atoms with Crippen molar-refractivity contribution >= 4 is 0 Å². The normalized spacial score (nSPS) is 14.1. The van der Waals surface area contributed by atoms with Crippen LogP contribution in [0.4, 0.5) is 0 Å². The van der Waals surface area contributed by atoms with Crippen LogP contribution >= 0.6 is 0 Å². The van der Waals surface area contributed by atoms with Gasteiger partial charge in [0.15, 0.2) is 0 Å². The number of hydrogen-bond donors (Lipinski definition) is 2. The Hall–Kier alpha value is -1.40. The van der Waals surface area contributed by atoms with E-state index in [0.717, 1.165) is 12.0 Å². The minimum Gasteiger partial charge on any atom is -0.481 e. The number of aliphatic hydroxyl groups excluding tert-OH is 1. The number of methoxy groups -OCH3 is 2. The molecule has 1 atom stereocenters. The van der Waals surface area contributed by atoms with Crippen molar-refractivity contribution in [3.05, 3.63) is 11.9 Å². The highest BCUT2D eigenvalue weighted by Gasteiger charge is 2.22. The molecule has 102 valence electrons. The summed E-state index contributed by atoms with van der Waals surface area (Å²) in [5, 5.41) is 12.6. The number of nitrogens with zero attached hydrogens (tertiary/aromatic N) is 2. The average molecular weight is 255 g/mol. The van der Waals surface area contributed by atoms with Gasteiger partial charge < -0.3 is 19.9 Å². The highest BCUT2D eigenvalue weighted by atomic mass is 16.5. The standard InChI is InChI=1S/C12H21N3O3/c1-5-12(2,7-16)15-6-9-10(17-3)13-8-14-11(9)18-4/h8,15-16H,5-7H2,1-4H3. The molecule has 18 heavy (non-hydrogen) atoms. The van der Waals surface area contributed by atoms with Crippen LogP contribution in [0.25, 0.3) is 0 Å². The number of rotatable bonds is 7. The second-order valence-electron chi connectivity index (χ2n) is 4.30. The van der Waals surface area contributed by atoms with Crippen molar-refractivity contribution in [2.75, 3.05) is 20.8 Å². The number of nitrogens with one attached hydrogen (secondary N) is 1. The quantitative estimate of drug-likeness (QED) is 0.748. The maximum atomic E-state index is 9.36. The van der Waals surface area contributed by atoms with E-state index in [-0.39, 0.29) is 12.1 Å². The lowest BCUT2D eigenvalue weighted by Gasteiger charge is -2.27. The molecule has 1 heterocycles. The summed E-state index contributed by atoms with van der Waals surface area (Å²) in [5.41, 5.74) is 0.405. The molecule has 0 spiro atoms. The maximum Gasteiger partial charge on any atom is 0.224 e. The van der Waals surface area contributed by atoms with Crippen molar-refractivity contribution < 1.29 is 14.6 Å². The van der Waals surface area contributed by atoms with Gasteiger partial charge in [-0.15, -0.1) is 0 Å². The van der Waals surface area contributed by atoms with E-state index < -0.39 is 0 Å². The Balaban J connectivity index is 2.89. The third-order valence-corrected chi connectivity index (χ3v) is 3.07. The predicted molar refractivity (Wildman–Crippen MR) is 67.8 cm³/mol. The van der Waals surface area contributed by atoms with Gasteiger partial charge >= 0.3 is 0 Å². The van der Waals surface area contributed by atoms with Crippen LogP contribution < -0.4 is 14.8 Å². The van der Waals surface area contributed by atoms with E-state index in [2.05, 4.69) is 15.3 Å². The molecule has 6 heteroatoms. The first-order chi connectivity index (χ1) is 8.60. The summed E-state index contributed by atoms with van der Waals surface area (Å²) in [4.78, 5) is 8.08. The number of hydrogen-bond acceptors (Lipinski definition) is 6. The molecule has 0 amide bonds. The Morgan fingerprint density at radius 1 is 1.28 bits per heavy atom. The first kappa shape index (κ1) is 14.7. The molecule has 0 fully saturated rings. The van der Waals surface area contributed by atoms with Crippen LogP contribution in [0.15, 0.2) is 6.33 Å². The highest BCUT2D eigenvalue weighted by molar-refractivity contribution is 5.34. The Bertz CT molecular complexity index is 359. The van der Waals surface area contributed by atoms with Crippen LogP contribution in [0.3, 0.4) is 0 Å². The second-order valence-corrected chi connectivity index (χ2v) is 4.30. The third kappa shape index (κ3) is 3.30. The molecule has 1 rings (SSSR count). The van der Waals surface area contributed by atoms with Gasteiger partial charge in [0.25, 0.3) is 0 Å². The fourth-order valence-electron chi connectivity index (χ4n) is 1.48. The minimum absolute atomic E-state index is 0.0574. The van der Waals surface area contributed by atoms with Crippen LogP contribution in [0, 0.1) is 0 Å². The summed E-state index contributed by atoms with van der Waals surface area (Å²) in [6, 6.07) is 0. The molecule has 1 unspecified atom stereocenters. The summed E-state index contributed by atoms with van der Waals surface area (Å²) in [5.74, 6) is 0.955. The predicted octanol–water partition coefficient (Wildman–Crippen LogP) is 0.744. The molecule has 0 aliphatic carbocycles. The Kier molecular flexibility index (Phi) is 5.30. The summed E-state index contributed by atoms with van der Waals surface area (Å²) in [6.07, 6.45) is 2.20. The summed E-state index contributed by atoms with van der Waals surface area (Å²) in [6.45, 7) is 4.49. The number of aromatic nitrogens is 2. The molecule has 0 radical (unpaired) electrons. The van der Waals surface area contributed by atoms with Gasteiger partial charge in [-0.3, -0.25) is 0 Å². The summed E-state index contributed by atoms with van der Waals surface area (Å²) in [7, 11) is 3.10. The second kappa shape index (κ2) is 6.51. The monoisotopic (exact) mass is 255 g/mol. The topological polar surface area (TPSA) is 76.5 Å². The van der Waals surface area contributed by atoms with Crippen LogP contribution in [0.1, 0.15) is 25.8 Å². The molecule has 0 bridgehead atoms. The molecule has 1 aromatic rings. The fourth-order valence-corrected chi connectivity index (χ4v) is 1.48. The van der Waals surface area contributed by atoms with E-state index in [0.29, 0.717) is 18.3 Å². The van der Waals surface area contributed by atoms with Crippen LogP contribution in [-0.2, 0) is 6.54 Å². The zero-order valence-corrected chi connectivity index (χ0v) is 11.4. The van der Waals surface area contributed by atoms with Crippen molar-refractivity contribution in [3.8, 4) is 11.8 Å². The molecule has 6 nitrogen and oxygen atoms in total. The fraction of sp³-hybridized carbons (Fsp3) is 0.667. The maximum absolute atomic E-state index is 9.36. The molecule has 1 aromatic heterocycles. The van der Waals surface area contributed by atoms with Crippen LogP contribution in [0.5, 0.6) is 11.8 Å². The zero-order valence-electron chi connectivity index (χ0n) is 11.4. The van der Waals surface area contributed by atoms with Crippen molar-refractivity contribution in [3.63, 3.8) is 0 Å². The van der Waals surface area contributed by atoms with Crippen LogP contribution in [-0.4, -0.2) is 41.4 Å². The van der Waals surface area contributed by atoms with Crippen molar-refractivity contribution in [1.29, 1.82) is 0 Å². The number of ether oxygens (including phenoxy) is 2. The lowest BCUT2D eigenvalue weighted by molar-refractivity contribution is 0.168. The van der Waals surface area contributed by atoms with Gasteiger partial charge in [0.05, 0.1) is 26.4 Å². The molecular formula is C12H21N3O3. The molecule has 0 saturated heterocycles. The molecular weight excluding hydrogens is 234 g/mol. The summed E-state index contributed by atoms with van der Waals surface area (Å²) >= 11 is 0. The van der Waals surface area contributed by atoms with E-state index in [1.165, 1.54) is 6.33 Å². The van der Waals surface area contributed by atoms with E-state index in [4.69, 9.17) is 9.47 Å².